The van der Waals surface area contributed by atoms with Gasteiger partial charge in [-0.25, -0.2) is 48.2 Å². The fraction of sp³-hybridized carbons (Fsp3) is 0.627. The van der Waals surface area contributed by atoms with Crippen LogP contribution in [0.5, 0.6) is 11.5 Å². The molecule has 2 aromatic carbocycles. The molecule has 4 fully saturated rings. The first-order valence-corrected chi connectivity index (χ1v) is 43.7. The Morgan fingerprint density at radius 3 is 1.27 bits per heavy atom. The average molecular weight is 1630 g/mol. The summed E-state index contributed by atoms with van der Waals surface area (Å²) in [4.78, 5) is 86.7. The number of imidazole rings is 2. The summed E-state index contributed by atoms with van der Waals surface area (Å²) in [7, 11) is -26.2. The van der Waals surface area contributed by atoms with Gasteiger partial charge in [-0.1, -0.05) is 77.7 Å². The Morgan fingerprint density at radius 2 is 0.850 bits per heavy atom. The standard InChI is InChI=1S/C35H58N6O14P2Si2.C21H26N6O16P2.3CH4/c1-21-25(51-32(29(21)54-59(11,12)35(6,7)8)40-20-39-27-30(36)37-19-38-31(27)40)17-48-56(44,45)55-57(46,47)49-18-26-28(53-58(9,10)34(3,4)5)22(2)33(52-26)50-24-15-13-23(14-16-24)41(42)43;22-18-13-19(24-7-23-18)26(8-25-13)20-16(30)14(28)11(41-20)5-38-44(34,35)43-45(36,37)39-6-12-15(29)17(31)21(42-12)40-10-3-1-9(2-4-10)27(32)33;;;/h13-16,19-22,25-26,28-29,32-33H,17-18H2,1-12H3,(H,44,45)(H,46,47)(H2,36,37,38);1-4,7-8,11-12,14-17,20-21,28-31H,5-6H2,(H,34,35)(H,36,37)(H2,22,23,24);3*1H4/t21-,22-,25?,26?,28+,29-,32-,33?;11?,12?,14-,15-,16-,17-,20-,21?;;;/m11.../s1. The molecular formula is C59H96N12O30P4Si2. The quantitative estimate of drug-likeness (QED) is 0.00963. The Kier molecular flexibility index (Phi) is 29.3. The predicted octanol–water partition coefficient (Wildman–Crippen LogP) is 7.94. The van der Waals surface area contributed by atoms with Crippen molar-refractivity contribution in [3.63, 3.8) is 0 Å². The number of hydrogen-bond acceptors (Lipinski definition) is 34. The number of ether oxygens (including phenoxy) is 6. The second kappa shape index (κ2) is 34.8. The molecular weight excluding hydrogens is 1540 g/mol. The van der Waals surface area contributed by atoms with Gasteiger partial charge in [0.1, 0.15) is 77.9 Å². The third kappa shape index (κ3) is 21.4. The number of benzene rings is 2. The highest BCUT2D eigenvalue weighted by Gasteiger charge is 2.54. The van der Waals surface area contributed by atoms with E-state index in [0.29, 0.717) is 11.2 Å². The Hall–Kier alpha value is -5.91. The van der Waals surface area contributed by atoms with Crippen LogP contribution in [0.4, 0.5) is 23.0 Å². The lowest BCUT2D eigenvalue weighted by Crippen LogP contribution is -2.48. The monoisotopic (exact) mass is 1630 g/mol. The van der Waals surface area contributed by atoms with Gasteiger partial charge in [0.05, 0.1) is 67.2 Å². The van der Waals surface area contributed by atoms with Crippen LogP contribution >= 0.6 is 31.3 Å². The predicted molar refractivity (Wildman–Crippen MR) is 384 cm³/mol. The molecule has 42 nitrogen and oxygen atoms in total. The van der Waals surface area contributed by atoms with Crippen LogP contribution in [0.15, 0.2) is 73.8 Å². The highest BCUT2D eigenvalue weighted by Crippen LogP contribution is 2.62. The van der Waals surface area contributed by atoms with Crippen molar-refractivity contribution in [2.24, 2.45) is 11.8 Å². The fourth-order valence-corrected chi connectivity index (χ4v) is 17.5. The van der Waals surface area contributed by atoms with E-state index in [1.54, 1.807) is 4.57 Å². The first-order valence-electron chi connectivity index (χ1n) is 31.9. The van der Waals surface area contributed by atoms with E-state index < -0.39 is 182 Å². The number of rotatable bonds is 28. The van der Waals surface area contributed by atoms with Gasteiger partial charge in [-0.3, -0.25) is 47.5 Å². The summed E-state index contributed by atoms with van der Waals surface area (Å²) < 4.78 is 131. The van der Waals surface area contributed by atoms with E-state index in [4.69, 9.17) is 62.1 Å². The van der Waals surface area contributed by atoms with Crippen LogP contribution in [0.1, 0.15) is 90.1 Å². The van der Waals surface area contributed by atoms with Gasteiger partial charge in [0.2, 0.25) is 12.6 Å². The van der Waals surface area contributed by atoms with Crippen LogP contribution in [0, 0.1) is 32.1 Å². The van der Waals surface area contributed by atoms with E-state index in [2.05, 4.69) is 97.9 Å². The molecule has 0 spiro atoms. The minimum atomic E-state index is -5.39. The maximum atomic E-state index is 13.2. The second-order valence-corrected chi connectivity index (χ2v) is 43.3. The lowest BCUT2D eigenvalue weighted by atomic mass is 10.0. The summed E-state index contributed by atoms with van der Waals surface area (Å²) in [5.41, 5.74) is 12.5. The van der Waals surface area contributed by atoms with E-state index in [9.17, 15) is 78.5 Å². The highest BCUT2D eigenvalue weighted by atomic mass is 31.3. The van der Waals surface area contributed by atoms with Crippen molar-refractivity contribution in [1.29, 1.82) is 0 Å². The molecule has 0 aliphatic carbocycles. The molecule has 6 aromatic rings. The Morgan fingerprint density at radius 1 is 0.495 bits per heavy atom. The third-order valence-corrected chi connectivity index (χ3v) is 32.5. The van der Waals surface area contributed by atoms with E-state index in [0.717, 1.165) is 18.5 Å². The van der Waals surface area contributed by atoms with Crippen molar-refractivity contribution in [2.45, 2.75) is 200 Å². The zero-order chi connectivity index (χ0) is 76.8. The first-order chi connectivity index (χ1) is 48.2. The van der Waals surface area contributed by atoms with Gasteiger partial charge in [0.15, 0.2) is 52.0 Å². The van der Waals surface area contributed by atoms with Gasteiger partial charge < -0.3 is 88.7 Å². The molecule has 0 bridgehead atoms. The van der Waals surface area contributed by atoms with E-state index >= 15 is 0 Å². The van der Waals surface area contributed by atoms with Crippen molar-refractivity contribution in [1.82, 2.24) is 39.0 Å². The smallest absolute Gasteiger partial charge is 0.465 e. The molecule has 20 atom stereocenters. The van der Waals surface area contributed by atoms with Gasteiger partial charge in [-0.05, 0) is 60.5 Å². The maximum Gasteiger partial charge on any atom is 0.481 e. The fourth-order valence-electron chi connectivity index (χ4n) is 10.5. The zero-order valence-electron chi connectivity index (χ0n) is 58.0. The molecule has 8 heterocycles. The number of fused-ring (bicyclic) bond motifs is 2. The van der Waals surface area contributed by atoms with Crippen LogP contribution in [0.3, 0.4) is 0 Å². The third-order valence-electron chi connectivity index (χ3n) is 18.4. The molecule has 0 saturated carbocycles. The van der Waals surface area contributed by atoms with Crippen LogP contribution < -0.4 is 20.9 Å². The van der Waals surface area contributed by atoms with Crippen LogP contribution in [0.2, 0.25) is 36.3 Å². The number of anilines is 2. The molecule has 4 saturated heterocycles. The molecule has 0 amide bonds. The number of aliphatic hydroxyl groups excluding tert-OH is 4. The number of nitrogens with two attached hydrogens (primary N) is 2. The topological polar surface area (TPSA) is 585 Å². The number of aliphatic hydroxyl groups is 4. The number of nitrogens with zero attached hydrogens (tertiary/aromatic N) is 10. The van der Waals surface area contributed by atoms with Gasteiger partial charge in [-0.15, -0.1) is 0 Å². The number of aromatic nitrogens is 8. The number of phosphoric acid groups is 4. The molecule has 10 unspecified atom stereocenters. The molecule has 4 aliphatic rings. The molecule has 4 aromatic heterocycles. The molecule has 12 N–H and O–H groups in total. The summed E-state index contributed by atoms with van der Waals surface area (Å²) in [5.74, 6) is -0.342. The SMILES string of the molecule is C.C.C.C[C@@H]1C(COP(=O)(O)OP(=O)(O)OCC2OC(Oc3ccc([N+](=O)[O-])cc3)[C@H](C)[C@@H]2O[Si](C)(C)C(C)(C)C)O[C@@H](n2cnc3c(N)ncnc32)[C@@H]1O[Si](C)(C)C(C)(C)C.Nc1ncnc2c1ncn2[C@@H]1OC(COP(=O)(O)OP(=O)(O)OCC2OC(Oc3ccc([N+](=O)[O-])cc3)[C@H](O)[C@@H]2O)[C@@H](O)[C@H]1O. The van der Waals surface area contributed by atoms with Crippen LogP contribution in [0.25, 0.3) is 22.3 Å². The summed E-state index contributed by atoms with van der Waals surface area (Å²) in [6, 6.07) is 10.1. The van der Waals surface area contributed by atoms with Crippen LogP contribution in [-0.4, -0.2) is 206 Å². The van der Waals surface area contributed by atoms with E-state index in [1.165, 1.54) is 59.9 Å². The van der Waals surface area contributed by atoms with Gasteiger partial charge in [0.25, 0.3) is 11.4 Å². The van der Waals surface area contributed by atoms with Gasteiger partial charge in [-0.2, -0.15) is 8.62 Å². The van der Waals surface area contributed by atoms with Crippen LogP contribution in [-0.2, 0) is 72.8 Å². The Labute approximate surface area is 617 Å². The van der Waals surface area contributed by atoms with Gasteiger partial charge in [0, 0.05) is 36.1 Å². The van der Waals surface area contributed by atoms with E-state index in [-0.39, 0.29) is 78.0 Å². The minimum Gasteiger partial charge on any atom is -0.465 e. The Bertz CT molecular complexity index is 4220. The number of non-ortho nitro benzene ring substituents is 2. The van der Waals surface area contributed by atoms with E-state index in [1.807, 2.05) is 26.9 Å². The second-order valence-electron chi connectivity index (χ2n) is 27.7. The molecule has 600 valence electrons. The molecule has 107 heavy (non-hydrogen) atoms. The molecule has 4 aliphatic heterocycles. The minimum absolute atomic E-state index is 0. The lowest BCUT2D eigenvalue weighted by molar-refractivity contribution is -0.385. The largest absolute Gasteiger partial charge is 0.481 e. The molecule has 48 heteroatoms. The van der Waals surface area contributed by atoms with Crippen molar-refractivity contribution < 1.29 is 132 Å². The van der Waals surface area contributed by atoms with Crippen molar-refractivity contribution in [2.75, 3.05) is 37.9 Å². The summed E-state index contributed by atoms with van der Waals surface area (Å²) in [5, 5.41) is 62.8. The Balaban J connectivity index is 0.000000336. The summed E-state index contributed by atoms with van der Waals surface area (Å²) in [6.45, 7) is 21.4. The number of hydrogen-bond donors (Lipinski definition) is 10. The number of nitro groups is 2. The number of phosphoric ester groups is 4. The van der Waals surface area contributed by atoms with Gasteiger partial charge >= 0.3 is 31.3 Å². The van der Waals surface area contributed by atoms with Crippen molar-refractivity contribution >= 4 is 93.3 Å². The van der Waals surface area contributed by atoms with Crippen molar-refractivity contribution in [3.8, 4) is 11.5 Å². The number of nitrogen functional groups attached to an aromatic ring is 2. The average Bonchev–Trinajstić information content (AvgIpc) is 1.78. The number of nitro benzene ring substituents is 2. The van der Waals surface area contributed by atoms with Crippen molar-refractivity contribution in [3.05, 3.63) is 94.1 Å². The normalized spacial score (nSPS) is 28.4. The summed E-state index contributed by atoms with van der Waals surface area (Å²) >= 11 is 0. The zero-order valence-corrected chi connectivity index (χ0v) is 63.5. The molecule has 10 rings (SSSR count). The lowest BCUT2D eigenvalue weighted by Gasteiger charge is -2.40. The maximum absolute atomic E-state index is 13.2. The molecule has 0 radical (unpaired) electrons. The summed E-state index contributed by atoms with van der Waals surface area (Å²) in [6.07, 6.45) is -12.2. The highest BCUT2D eigenvalue weighted by molar-refractivity contribution is 7.61. The first kappa shape index (κ1) is 90.0.